The Kier molecular flexibility index (Phi) is 5.25. The molecule has 0 heterocycles. The molecule has 5 heteroatoms. The largest absolute Gasteiger partial charge is 0.271 e. The van der Waals surface area contributed by atoms with Crippen LogP contribution in [-0.4, -0.2) is 0 Å². The van der Waals surface area contributed by atoms with Gasteiger partial charge in [-0.1, -0.05) is 51.3 Å². The lowest BCUT2D eigenvalue weighted by atomic mass is 9.99. The lowest BCUT2D eigenvalue weighted by Crippen LogP contribution is -2.29. The van der Waals surface area contributed by atoms with E-state index in [1.807, 2.05) is 42.5 Å². The summed E-state index contributed by atoms with van der Waals surface area (Å²) in [6.45, 7) is 0. The van der Waals surface area contributed by atoms with Gasteiger partial charge in [0.25, 0.3) is 0 Å². The molecule has 0 aliphatic rings. The van der Waals surface area contributed by atoms with Crippen molar-refractivity contribution in [2.75, 3.05) is 0 Å². The summed E-state index contributed by atoms with van der Waals surface area (Å²) in [7, 11) is 0. The maximum atomic E-state index is 6.03. The van der Waals surface area contributed by atoms with Gasteiger partial charge in [0, 0.05) is 14.5 Å². The molecule has 1 unspecified atom stereocenters. The number of hydrazine groups is 1. The van der Waals surface area contributed by atoms with E-state index in [1.54, 1.807) is 0 Å². The number of nitrogens with one attached hydrogen (secondary N) is 1. The average molecular weight is 360 g/mol. The van der Waals surface area contributed by atoms with E-state index in [2.05, 4.69) is 21.4 Å². The Hall–Kier alpha value is -0.580. The molecule has 2 aromatic carbocycles. The Labute approximate surface area is 131 Å². The summed E-state index contributed by atoms with van der Waals surface area (Å²) in [4.78, 5) is 0. The first-order valence-electron chi connectivity index (χ1n) is 5.75. The lowest BCUT2D eigenvalue weighted by molar-refractivity contribution is 0.550. The van der Waals surface area contributed by atoms with Gasteiger partial charge in [-0.25, -0.2) is 0 Å². The van der Waals surface area contributed by atoms with E-state index in [4.69, 9.17) is 29.0 Å². The summed E-state index contributed by atoms with van der Waals surface area (Å²) in [5.41, 5.74) is 5.01. The summed E-state index contributed by atoms with van der Waals surface area (Å²) in [6, 6.07) is 13.4. The Morgan fingerprint density at radius 3 is 2.32 bits per heavy atom. The second-order valence-electron chi connectivity index (χ2n) is 4.22. The monoisotopic (exact) mass is 358 g/mol. The average Bonchev–Trinajstić information content (AvgIpc) is 2.41. The van der Waals surface area contributed by atoms with Crippen LogP contribution < -0.4 is 11.3 Å². The zero-order valence-corrected chi connectivity index (χ0v) is 13.1. The van der Waals surface area contributed by atoms with Gasteiger partial charge in [0.2, 0.25) is 0 Å². The fraction of sp³-hybridized carbons (Fsp3) is 0.143. The van der Waals surface area contributed by atoms with E-state index in [9.17, 15) is 0 Å². The Bertz CT molecular complexity index is 558. The van der Waals surface area contributed by atoms with E-state index in [1.165, 1.54) is 0 Å². The first-order chi connectivity index (χ1) is 9.10. The number of nitrogens with two attached hydrogens (primary N) is 1. The third-order valence-electron chi connectivity index (χ3n) is 2.89. The first-order valence-corrected chi connectivity index (χ1v) is 7.30. The highest BCUT2D eigenvalue weighted by molar-refractivity contribution is 9.10. The minimum atomic E-state index is -0.0192. The van der Waals surface area contributed by atoms with Crippen molar-refractivity contribution in [2.24, 2.45) is 5.84 Å². The molecule has 2 rings (SSSR count). The van der Waals surface area contributed by atoms with Gasteiger partial charge in [0.1, 0.15) is 0 Å². The van der Waals surface area contributed by atoms with Crippen LogP contribution in [0, 0.1) is 0 Å². The Morgan fingerprint density at radius 2 is 1.68 bits per heavy atom. The zero-order chi connectivity index (χ0) is 13.8. The van der Waals surface area contributed by atoms with Crippen molar-refractivity contribution in [3.63, 3.8) is 0 Å². The highest BCUT2D eigenvalue weighted by atomic mass is 79.9. The molecule has 2 nitrogen and oxygen atoms in total. The summed E-state index contributed by atoms with van der Waals surface area (Å²) in [6.07, 6.45) is 0.757. The molecule has 0 amide bonds. The molecule has 0 radical (unpaired) electrons. The van der Waals surface area contributed by atoms with Gasteiger partial charge in [-0.15, -0.1) is 0 Å². The minimum absolute atomic E-state index is 0.0192. The first kappa shape index (κ1) is 14.8. The van der Waals surface area contributed by atoms with E-state index < -0.39 is 0 Å². The van der Waals surface area contributed by atoms with Crippen molar-refractivity contribution in [3.8, 4) is 0 Å². The highest BCUT2D eigenvalue weighted by Gasteiger charge is 2.14. The lowest BCUT2D eigenvalue weighted by Gasteiger charge is -2.18. The third-order valence-corrected chi connectivity index (χ3v) is 4.10. The zero-order valence-electron chi connectivity index (χ0n) is 10.0. The number of halogens is 3. The maximum Gasteiger partial charge on any atom is 0.0511 e. The summed E-state index contributed by atoms with van der Waals surface area (Å²) in [5.74, 6) is 5.66. The van der Waals surface area contributed by atoms with E-state index >= 15 is 0 Å². The summed E-state index contributed by atoms with van der Waals surface area (Å²) in [5, 5.41) is 1.42. The molecule has 0 aliphatic heterocycles. The second-order valence-corrected chi connectivity index (χ2v) is 5.94. The molecular formula is C14H13BrCl2N2. The molecule has 0 aliphatic carbocycles. The predicted molar refractivity (Wildman–Crippen MR) is 84.4 cm³/mol. The van der Waals surface area contributed by atoms with Crippen LogP contribution in [0.3, 0.4) is 0 Å². The van der Waals surface area contributed by atoms with Crippen LogP contribution in [0.5, 0.6) is 0 Å². The van der Waals surface area contributed by atoms with Crippen LogP contribution in [0.15, 0.2) is 46.9 Å². The number of rotatable bonds is 4. The third kappa shape index (κ3) is 3.94. The standard InChI is InChI=1S/C14H13BrCl2N2/c15-13-6-5-11(17)8-12(13)14(19-18)7-9-1-3-10(16)4-2-9/h1-6,8,14,19H,7,18H2. The van der Waals surface area contributed by atoms with Gasteiger partial charge in [-0.05, 0) is 47.9 Å². The molecule has 100 valence electrons. The molecule has 0 spiro atoms. The molecule has 0 fully saturated rings. The SMILES string of the molecule is NNC(Cc1ccc(Cl)cc1)c1cc(Cl)ccc1Br. The summed E-state index contributed by atoms with van der Waals surface area (Å²) < 4.78 is 0.980. The van der Waals surface area contributed by atoms with Gasteiger partial charge in [0.15, 0.2) is 0 Å². The van der Waals surface area contributed by atoms with Gasteiger partial charge in [-0.2, -0.15) is 0 Å². The number of hydrogen-bond donors (Lipinski definition) is 2. The summed E-state index contributed by atoms with van der Waals surface area (Å²) >= 11 is 15.4. The molecule has 1 atom stereocenters. The van der Waals surface area contributed by atoms with Crippen molar-refractivity contribution in [1.29, 1.82) is 0 Å². The van der Waals surface area contributed by atoms with Crippen molar-refractivity contribution in [2.45, 2.75) is 12.5 Å². The molecule has 0 saturated carbocycles. The molecule has 3 N–H and O–H groups in total. The highest BCUT2D eigenvalue weighted by Crippen LogP contribution is 2.28. The maximum absolute atomic E-state index is 6.03. The predicted octanol–water partition coefficient (Wildman–Crippen LogP) is 4.50. The quantitative estimate of drug-likeness (QED) is 0.622. The fourth-order valence-electron chi connectivity index (χ4n) is 1.90. The molecular weight excluding hydrogens is 347 g/mol. The fourth-order valence-corrected chi connectivity index (χ4v) is 2.73. The van der Waals surface area contributed by atoms with Gasteiger partial charge in [-0.3, -0.25) is 11.3 Å². The Morgan fingerprint density at radius 1 is 1.05 bits per heavy atom. The van der Waals surface area contributed by atoms with Crippen LogP contribution in [0.4, 0.5) is 0 Å². The number of benzene rings is 2. The molecule has 19 heavy (non-hydrogen) atoms. The van der Waals surface area contributed by atoms with Crippen LogP contribution in [0.2, 0.25) is 10.0 Å². The van der Waals surface area contributed by atoms with Crippen LogP contribution >= 0.6 is 39.1 Å². The van der Waals surface area contributed by atoms with E-state index in [0.29, 0.717) is 5.02 Å². The van der Waals surface area contributed by atoms with Gasteiger partial charge < -0.3 is 0 Å². The van der Waals surface area contributed by atoms with Crippen molar-refractivity contribution in [3.05, 3.63) is 68.1 Å². The van der Waals surface area contributed by atoms with E-state index in [-0.39, 0.29) is 6.04 Å². The van der Waals surface area contributed by atoms with Crippen LogP contribution in [-0.2, 0) is 6.42 Å². The molecule has 0 saturated heterocycles. The van der Waals surface area contributed by atoms with Crippen molar-refractivity contribution >= 4 is 39.1 Å². The van der Waals surface area contributed by atoms with E-state index in [0.717, 1.165) is 27.0 Å². The van der Waals surface area contributed by atoms with Gasteiger partial charge >= 0.3 is 0 Å². The normalized spacial score (nSPS) is 12.4. The smallest absolute Gasteiger partial charge is 0.0511 e. The molecule has 0 aromatic heterocycles. The topological polar surface area (TPSA) is 38.0 Å². The Balaban J connectivity index is 2.24. The molecule has 0 bridgehead atoms. The van der Waals surface area contributed by atoms with Crippen molar-refractivity contribution < 1.29 is 0 Å². The van der Waals surface area contributed by atoms with Crippen LogP contribution in [0.25, 0.3) is 0 Å². The minimum Gasteiger partial charge on any atom is -0.271 e. The van der Waals surface area contributed by atoms with Gasteiger partial charge in [0.05, 0.1) is 6.04 Å². The molecule has 2 aromatic rings. The second kappa shape index (κ2) is 6.73. The van der Waals surface area contributed by atoms with Crippen LogP contribution in [0.1, 0.15) is 17.2 Å². The number of hydrogen-bond acceptors (Lipinski definition) is 2. The van der Waals surface area contributed by atoms with Crippen molar-refractivity contribution in [1.82, 2.24) is 5.43 Å².